The highest BCUT2D eigenvalue weighted by atomic mass is 19.4. The molecule has 9 heteroatoms. The van der Waals surface area contributed by atoms with Gasteiger partial charge in [-0.1, -0.05) is 12.1 Å². The predicted octanol–water partition coefficient (Wildman–Crippen LogP) is 3.95. The average Bonchev–Trinajstić information content (AvgIpc) is 2.77. The second-order valence-electron chi connectivity index (χ2n) is 6.70. The molecule has 1 aliphatic rings. The van der Waals surface area contributed by atoms with E-state index >= 15 is 0 Å². The number of hydrogen-bond donors (Lipinski definition) is 0. The van der Waals surface area contributed by atoms with Gasteiger partial charge in [-0.05, 0) is 42.0 Å². The number of ether oxygens (including phenoxy) is 2. The molecule has 0 unspecified atom stereocenters. The van der Waals surface area contributed by atoms with Crippen molar-refractivity contribution in [3.63, 3.8) is 0 Å². The van der Waals surface area contributed by atoms with Gasteiger partial charge in [0.2, 0.25) is 0 Å². The standard InChI is InChI=1S/C21H21F3N2O4/c1-29-19(27)16-4-2-15(3-5-16)14-26(20(28)25-10-12-30-13-11-25)18-8-6-17(7-9-18)21(22,23)24/h2-9H,10-14H2,1H3. The number of anilines is 1. The number of benzene rings is 2. The van der Waals surface area contributed by atoms with Crippen molar-refractivity contribution in [2.75, 3.05) is 38.3 Å². The van der Waals surface area contributed by atoms with Gasteiger partial charge in [0.15, 0.2) is 0 Å². The van der Waals surface area contributed by atoms with E-state index in [1.807, 2.05) is 0 Å². The number of morpholine rings is 1. The summed E-state index contributed by atoms with van der Waals surface area (Å²) in [4.78, 5) is 27.7. The van der Waals surface area contributed by atoms with Crippen LogP contribution in [-0.2, 0) is 22.2 Å². The molecule has 2 aromatic carbocycles. The average molecular weight is 422 g/mol. The van der Waals surface area contributed by atoms with Gasteiger partial charge in [0.25, 0.3) is 0 Å². The van der Waals surface area contributed by atoms with Gasteiger partial charge in [-0.2, -0.15) is 13.2 Å². The lowest BCUT2D eigenvalue weighted by Gasteiger charge is -2.33. The SMILES string of the molecule is COC(=O)c1ccc(CN(C(=O)N2CCOCC2)c2ccc(C(F)(F)F)cc2)cc1. The highest BCUT2D eigenvalue weighted by Gasteiger charge is 2.31. The summed E-state index contributed by atoms with van der Waals surface area (Å²) < 4.78 is 48.7. The number of rotatable bonds is 4. The lowest BCUT2D eigenvalue weighted by Crippen LogP contribution is -2.48. The Kier molecular flexibility index (Phi) is 6.61. The van der Waals surface area contributed by atoms with Gasteiger partial charge in [0.1, 0.15) is 0 Å². The van der Waals surface area contributed by atoms with Crippen LogP contribution >= 0.6 is 0 Å². The molecule has 1 heterocycles. The van der Waals surface area contributed by atoms with Crippen molar-refractivity contribution in [2.24, 2.45) is 0 Å². The van der Waals surface area contributed by atoms with Gasteiger partial charge < -0.3 is 14.4 Å². The fraction of sp³-hybridized carbons (Fsp3) is 0.333. The van der Waals surface area contributed by atoms with Crippen LogP contribution in [0.2, 0.25) is 0 Å². The monoisotopic (exact) mass is 422 g/mol. The minimum absolute atomic E-state index is 0.128. The van der Waals surface area contributed by atoms with Crippen LogP contribution < -0.4 is 4.90 Å². The van der Waals surface area contributed by atoms with Gasteiger partial charge in [0, 0.05) is 18.8 Å². The molecule has 0 bridgehead atoms. The van der Waals surface area contributed by atoms with Gasteiger partial charge in [-0.25, -0.2) is 9.59 Å². The number of carbonyl (C=O) groups is 2. The van der Waals surface area contributed by atoms with Crippen LogP contribution in [0.3, 0.4) is 0 Å². The van der Waals surface area contributed by atoms with E-state index in [0.29, 0.717) is 43.1 Å². The number of alkyl halides is 3. The molecule has 1 saturated heterocycles. The third-order valence-electron chi connectivity index (χ3n) is 4.73. The van der Waals surface area contributed by atoms with E-state index in [4.69, 9.17) is 4.74 Å². The zero-order valence-electron chi connectivity index (χ0n) is 16.3. The number of halogens is 3. The van der Waals surface area contributed by atoms with E-state index in [0.717, 1.165) is 12.1 Å². The number of nitrogens with zero attached hydrogens (tertiary/aromatic N) is 2. The second kappa shape index (κ2) is 9.17. The smallest absolute Gasteiger partial charge is 0.416 e. The van der Waals surface area contributed by atoms with E-state index in [2.05, 4.69) is 4.74 Å². The summed E-state index contributed by atoms with van der Waals surface area (Å²) >= 11 is 0. The van der Waals surface area contributed by atoms with E-state index < -0.39 is 17.7 Å². The first kappa shape index (κ1) is 21.6. The van der Waals surface area contributed by atoms with Crippen LogP contribution in [0.25, 0.3) is 0 Å². The Bertz CT molecular complexity index is 877. The van der Waals surface area contributed by atoms with Crippen LogP contribution in [0.5, 0.6) is 0 Å². The van der Waals surface area contributed by atoms with Crippen molar-refractivity contribution in [3.05, 3.63) is 65.2 Å². The van der Waals surface area contributed by atoms with Crippen LogP contribution in [0.4, 0.5) is 23.7 Å². The number of amides is 2. The largest absolute Gasteiger partial charge is 0.465 e. The molecule has 0 spiro atoms. The topological polar surface area (TPSA) is 59.1 Å². The molecular weight excluding hydrogens is 401 g/mol. The molecule has 0 N–H and O–H groups in total. The molecule has 6 nitrogen and oxygen atoms in total. The highest BCUT2D eigenvalue weighted by Crippen LogP contribution is 2.31. The maximum atomic E-state index is 13.1. The Balaban J connectivity index is 1.87. The molecule has 0 saturated carbocycles. The quantitative estimate of drug-likeness (QED) is 0.700. The zero-order chi connectivity index (χ0) is 21.7. The van der Waals surface area contributed by atoms with Crippen LogP contribution in [-0.4, -0.2) is 50.3 Å². The van der Waals surface area contributed by atoms with Crippen molar-refractivity contribution >= 4 is 17.7 Å². The van der Waals surface area contributed by atoms with Gasteiger partial charge in [0.05, 0.1) is 38.0 Å². The van der Waals surface area contributed by atoms with Gasteiger partial charge in [-0.15, -0.1) is 0 Å². The molecule has 1 aliphatic heterocycles. The van der Waals surface area contributed by atoms with E-state index in [1.54, 1.807) is 29.2 Å². The van der Waals surface area contributed by atoms with Crippen LogP contribution in [0.15, 0.2) is 48.5 Å². The Morgan fingerprint density at radius 2 is 1.63 bits per heavy atom. The molecule has 0 aliphatic carbocycles. The van der Waals surface area contributed by atoms with E-state index in [9.17, 15) is 22.8 Å². The summed E-state index contributed by atoms with van der Waals surface area (Å²) in [5, 5.41) is 0. The number of methoxy groups -OCH3 is 1. The maximum absolute atomic E-state index is 13.1. The molecule has 160 valence electrons. The first-order valence-electron chi connectivity index (χ1n) is 9.28. The summed E-state index contributed by atoms with van der Waals surface area (Å²) in [5.74, 6) is -0.481. The molecule has 1 fully saturated rings. The summed E-state index contributed by atoms with van der Waals surface area (Å²) in [6, 6.07) is 10.6. The second-order valence-corrected chi connectivity index (χ2v) is 6.70. The molecule has 2 amide bonds. The maximum Gasteiger partial charge on any atom is 0.416 e. The number of hydrogen-bond acceptors (Lipinski definition) is 4. The van der Waals surface area contributed by atoms with Crippen molar-refractivity contribution in [1.29, 1.82) is 0 Å². The summed E-state index contributed by atoms with van der Waals surface area (Å²) in [6.45, 7) is 1.73. The Morgan fingerprint density at radius 3 is 2.17 bits per heavy atom. The molecule has 2 aromatic rings. The summed E-state index contributed by atoms with van der Waals surface area (Å²) in [7, 11) is 1.28. The Hall–Kier alpha value is -3.07. The molecule has 0 radical (unpaired) electrons. The predicted molar refractivity (Wildman–Crippen MR) is 103 cm³/mol. The molecule has 3 rings (SSSR count). The number of urea groups is 1. The first-order valence-corrected chi connectivity index (χ1v) is 9.28. The molecule has 30 heavy (non-hydrogen) atoms. The van der Waals surface area contributed by atoms with Crippen molar-refractivity contribution in [1.82, 2.24) is 4.90 Å². The summed E-state index contributed by atoms with van der Waals surface area (Å²) in [5.41, 5.74) is 0.634. The molecule has 0 aromatic heterocycles. The fourth-order valence-electron chi connectivity index (χ4n) is 3.07. The third-order valence-corrected chi connectivity index (χ3v) is 4.73. The molecule has 0 atom stereocenters. The Morgan fingerprint density at radius 1 is 1.03 bits per heavy atom. The lowest BCUT2D eigenvalue weighted by atomic mass is 10.1. The van der Waals surface area contributed by atoms with E-state index in [-0.39, 0.29) is 12.6 Å². The number of esters is 1. The Labute approximate surface area is 171 Å². The van der Waals surface area contributed by atoms with Crippen LogP contribution in [0.1, 0.15) is 21.5 Å². The zero-order valence-corrected chi connectivity index (χ0v) is 16.3. The highest BCUT2D eigenvalue weighted by molar-refractivity contribution is 5.92. The van der Waals surface area contributed by atoms with Gasteiger partial charge in [-0.3, -0.25) is 4.90 Å². The number of carbonyl (C=O) groups excluding carboxylic acids is 2. The summed E-state index contributed by atoms with van der Waals surface area (Å²) in [6.07, 6.45) is -4.46. The van der Waals surface area contributed by atoms with Crippen molar-refractivity contribution in [3.8, 4) is 0 Å². The minimum atomic E-state index is -4.46. The lowest BCUT2D eigenvalue weighted by molar-refractivity contribution is -0.137. The fourth-order valence-corrected chi connectivity index (χ4v) is 3.07. The minimum Gasteiger partial charge on any atom is -0.465 e. The normalized spacial score (nSPS) is 14.3. The molecular formula is C21H21F3N2O4. The van der Waals surface area contributed by atoms with E-state index in [1.165, 1.54) is 24.1 Å². The van der Waals surface area contributed by atoms with Gasteiger partial charge >= 0.3 is 18.2 Å². The first-order chi connectivity index (χ1) is 14.3. The van der Waals surface area contributed by atoms with Crippen molar-refractivity contribution < 1.29 is 32.2 Å². The van der Waals surface area contributed by atoms with Crippen LogP contribution in [0, 0.1) is 0 Å². The van der Waals surface area contributed by atoms with Crippen molar-refractivity contribution in [2.45, 2.75) is 12.7 Å². The third kappa shape index (κ3) is 5.10.